The Hall–Kier alpha value is -1.46. The van der Waals surface area contributed by atoms with Crippen LogP contribution in [0.5, 0.6) is 0 Å². The molecule has 0 radical (unpaired) electrons. The molecule has 0 spiro atoms. The first-order chi connectivity index (χ1) is 8.96. The molecule has 19 heavy (non-hydrogen) atoms. The molecule has 1 atom stereocenters. The number of fused-ring (bicyclic) bond motifs is 1. The van der Waals surface area contributed by atoms with Crippen LogP contribution in [-0.2, 0) is 16.4 Å². The van der Waals surface area contributed by atoms with E-state index in [-0.39, 0.29) is 11.8 Å². The summed E-state index contributed by atoms with van der Waals surface area (Å²) < 4.78 is 22.4. The van der Waals surface area contributed by atoms with Crippen LogP contribution in [-0.4, -0.2) is 31.5 Å². The van der Waals surface area contributed by atoms with E-state index in [1.807, 2.05) is 37.3 Å². The van der Waals surface area contributed by atoms with Gasteiger partial charge in [-0.25, -0.2) is 8.42 Å². The Morgan fingerprint density at radius 3 is 2.74 bits per heavy atom. The van der Waals surface area contributed by atoms with Crippen molar-refractivity contribution in [1.29, 1.82) is 0 Å². The molecule has 0 aliphatic carbocycles. The van der Waals surface area contributed by atoms with Crippen LogP contribution in [0.1, 0.15) is 12.5 Å². The van der Waals surface area contributed by atoms with E-state index in [0.717, 1.165) is 16.5 Å². The van der Waals surface area contributed by atoms with Gasteiger partial charge >= 0.3 is 0 Å². The molecule has 1 aromatic heterocycles. The third-order valence-corrected chi connectivity index (χ3v) is 4.04. The van der Waals surface area contributed by atoms with Gasteiger partial charge in [-0.1, -0.05) is 18.2 Å². The second-order valence-electron chi connectivity index (χ2n) is 4.86. The maximum Gasteiger partial charge on any atom is 0.148 e. The summed E-state index contributed by atoms with van der Waals surface area (Å²) in [6.45, 7) is 2.52. The molecule has 5 heteroatoms. The van der Waals surface area contributed by atoms with E-state index in [4.69, 9.17) is 0 Å². The molecule has 0 saturated heterocycles. The highest BCUT2D eigenvalue weighted by atomic mass is 32.2. The summed E-state index contributed by atoms with van der Waals surface area (Å²) in [6.07, 6.45) is 3.04. The van der Waals surface area contributed by atoms with Gasteiger partial charge in [-0.15, -0.1) is 0 Å². The SMILES string of the molecule is CC(CS(C)(=O)=O)NCc1ccnc2ccccc12. The average Bonchev–Trinajstić information content (AvgIpc) is 2.34. The van der Waals surface area contributed by atoms with Crippen molar-refractivity contribution in [3.05, 3.63) is 42.1 Å². The molecule has 2 rings (SSSR count). The zero-order valence-corrected chi connectivity index (χ0v) is 11.9. The van der Waals surface area contributed by atoms with Crippen molar-refractivity contribution in [2.75, 3.05) is 12.0 Å². The van der Waals surface area contributed by atoms with E-state index in [9.17, 15) is 8.42 Å². The van der Waals surface area contributed by atoms with E-state index < -0.39 is 9.84 Å². The lowest BCUT2D eigenvalue weighted by Crippen LogP contribution is -2.32. The van der Waals surface area contributed by atoms with Crippen LogP contribution < -0.4 is 5.32 Å². The maximum absolute atomic E-state index is 11.2. The Morgan fingerprint density at radius 2 is 2.00 bits per heavy atom. The van der Waals surface area contributed by atoms with E-state index in [1.54, 1.807) is 6.20 Å². The molecule has 1 heterocycles. The predicted molar refractivity (Wildman–Crippen MR) is 77.8 cm³/mol. The number of rotatable bonds is 5. The molecule has 0 bridgehead atoms. The van der Waals surface area contributed by atoms with Gasteiger partial charge in [-0.05, 0) is 24.6 Å². The lowest BCUT2D eigenvalue weighted by atomic mass is 10.1. The van der Waals surface area contributed by atoms with Gasteiger partial charge in [0.1, 0.15) is 9.84 Å². The topological polar surface area (TPSA) is 59.1 Å². The van der Waals surface area contributed by atoms with Crippen LogP contribution in [0.25, 0.3) is 10.9 Å². The smallest absolute Gasteiger partial charge is 0.148 e. The Balaban J connectivity index is 2.10. The minimum atomic E-state index is -2.95. The normalized spacial score (nSPS) is 13.6. The Morgan fingerprint density at radius 1 is 1.26 bits per heavy atom. The second-order valence-corrected chi connectivity index (χ2v) is 7.05. The summed E-state index contributed by atoms with van der Waals surface area (Å²) in [6, 6.07) is 9.83. The van der Waals surface area contributed by atoms with Gasteiger partial charge in [0.15, 0.2) is 0 Å². The summed E-state index contributed by atoms with van der Waals surface area (Å²) in [5.74, 6) is 0.149. The summed E-state index contributed by atoms with van der Waals surface area (Å²) in [5, 5.41) is 4.34. The number of nitrogens with one attached hydrogen (secondary N) is 1. The first kappa shape index (κ1) is 14.0. The minimum Gasteiger partial charge on any atom is -0.309 e. The number of hydrogen-bond acceptors (Lipinski definition) is 4. The molecule has 0 aliphatic heterocycles. The molecule has 0 fully saturated rings. The highest BCUT2D eigenvalue weighted by Crippen LogP contribution is 2.15. The molecule has 0 aliphatic rings. The van der Waals surface area contributed by atoms with Crippen LogP contribution in [0.4, 0.5) is 0 Å². The Labute approximate surface area is 113 Å². The summed E-state index contributed by atoms with van der Waals surface area (Å²) in [7, 11) is -2.95. The first-order valence-corrected chi connectivity index (χ1v) is 8.25. The minimum absolute atomic E-state index is 0.0677. The monoisotopic (exact) mass is 278 g/mol. The van der Waals surface area contributed by atoms with Crippen molar-refractivity contribution in [2.24, 2.45) is 0 Å². The standard InChI is InChI=1S/C14H18N2O2S/c1-11(10-19(2,17)18)16-9-12-7-8-15-14-6-4-3-5-13(12)14/h3-8,11,16H,9-10H2,1-2H3. The van der Waals surface area contributed by atoms with Gasteiger partial charge in [0.25, 0.3) is 0 Å². The van der Waals surface area contributed by atoms with E-state index in [2.05, 4.69) is 10.3 Å². The molecule has 1 aromatic carbocycles. The van der Waals surface area contributed by atoms with Crippen molar-refractivity contribution >= 4 is 20.7 Å². The van der Waals surface area contributed by atoms with Gasteiger partial charge in [-0.2, -0.15) is 0 Å². The van der Waals surface area contributed by atoms with E-state index in [1.165, 1.54) is 6.26 Å². The molecule has 102 valence electrons. The fourth-order valence-corrected chi connectivity index (χ4v) is 3.13. The van der Waals surface area contributed by atoms with Gasteiger partial charge in [0.2, 0.25) is 0 Å². The summed E-state index contributed by atoms with van der Waals surface area (Å²) >= 11 is 0. The largest absolute Gasteiger partial charge is 0.309 e. The quantitative estimate of drug-likeness (QED) is 0.905. The number of pyridine rings is 1. The third-order valence-electron chi connectivity index (χ3n) is 2.93. The highest BCUT2D eigenvalue weighted by molar-refractivity contribution is 7.90. The lowest BCUT2D eigenvalue weighted by Gasteiger charge is -2.13. The summed E-state index contributed by atoms with van der Waals surface area (Å²) in [4.78, 5) is 4.30. The number of para-hydroxylation sites is 1. The number of benzene rings is 1. The molecule has 4 nitrogen and oxygen atoms in total. The summed E-state index contributed by atoms with van der Waals surface area (Å²) in [5.41, 5.74) is 2.09. The number of sulfone groups is 1. The number of hydrogen-bond donors (Lipinski definition) is 1. The van der Waals surface area contributed by atoms with Crippen LogP contribution >= 0.6 is 0 Å². The first-order valence-electron chi connectivity index (χ1n) is 6.19. The number of aromatic nitrogens is 1. The fraction of sp³-hybridized carbons (Fsp3) is 0.357. The van der Waals surface area contributed by atoms with Crippen molar-refractivity contribution in [1.82, 2.24) is 10.3 Å². The van der Waals surface area contributed by atoms with Gasteiger partial charge in [-0.3, -0.25) is 4.98 Å². The Kier molecular flexibility index (Phi) is 4.17. The van der Waals surface area contributed by atoms with Gasteiger partial charge < -0.3 is 5.32 Å². The Bertz CT molecular complexity index is 663. The average molecular weight is 278 g/mol. The maximum atomic E-state index is 11.2. The van der Waals surface area contributed by atoms with Gasteiger partial charge in [0, 0.05) is 30.4 Å². The van der Waals surface area contributed by atoms with Gasteiger partial charge in [0.05, 0.1) is 11.3 Å². The van der Waals surface area contributed by atoms with Crippen LogP contribution in [0, 0.1) is 0 Å². The molecule has 2 aromatic rings. The van der Waals surface area contributed by atoms with Crippen molar-refractivity contribution in [3.63, 3.8) is 0 Å². The van der Waals surface area contributed by atoms with Crippen LogP contribution in [0.15, 0.2) is 36.5 Å². The number of nitrogens with zero attached hydrogens (tertiary/aromatic N) is 1. The van der Waals surface area contributed by atoms with E-state index >= 15 is 0 Å². The van der Waals surface area contributed by atoms with E-state index in [0.29, 0.717) is 6.54 Å². The lowest BCUT2D eigenvalue weighted by molar-refractivity contribution is 0.561. The predicted octanol–water partition coefficient (Wildman–Crippen LogP) is 1.76. The molecule has 0 saturated carbocycles. The highest BCUT2D eigenvalue weighted by Gasteiger charge is 2.10. The molecule has 1 unspecified atom stereocenters. The van der Waals surface area contributed by atoms with Crippen LogP contribution in [0.2, 0.25) is 0 Å². The van der Waals surface area contributed by atoms with Crippen LogP contribution in [0.3, 0.4) is 0 Å². The zero-order chi connectivity index (χ0) is 13.9. The second kappa shape index (κ2) is 5.67. The molecular weight excluding hydrogens is 260 g/mol. The molecule has 1 N–H and O–H groups in total. The van der Waals surface area contributed by atoms with Crippen molar-refractivity contribution in [2.45, 2.75) is 19.5 Å². The molecular formula is C14H18N2O2S. The van der Waals surface area contributed by atoms with Crippen molar-refractivity contribution < 1.29 is 8.42 Å². The third kappa shape index (κ3) is 4.01. The van der Waals surface area contributed by atoms with Crippen molar-refractivity contribution in [3.8, 4) is 0 Å². The fourth-order valence-electron chi connectivity index (χ4n) is 2.11. The molecule has 0 amide bonds. The zero-order valence-electron chi connectivity index (χ0n) is 11.1.